The lowest BCUT2D eigenvalue weighted by molar-refractivity contribution is -0.131. The van der Waals surface area contributed by atoms with Gasteiger partial charge in [0.2, 0.25) is 0 Å². The molecule has 3 rings (SSSR count). The Morgan fingerprint density at radius 3 is 2.86 bits per heavy atom. The molecule has 2 fully saturated rings. The predicted molar refractivity (Wildman–Crippen MR) is 75.5 cm³/mol. The number of benzene rings is 1. The normalized spacial score (nSPS) is 24.5. The minimum absolute atomic E-state index is 0.108. The van der Waals surface area contributed by atoms with E-state index in [0.29, 0.717) is 35.7 Å². The van der Waals surface area contributed by atoms with Crippen molar-refractivity contribution in [3.63, 3.8) is 0 Å². The predicted octanol–water partition coefficient (Wildman–Crippen LogP) is 0.996. The first-order chi connectivity index (χ1) is 10.1. The first-order valence-corrected chi connectivity index (χ1v) is 6.97. The van der Waals surface area contributed by atoms with Gasteiger partial charge in [-0.2, -0.15) is 5.26 Å². The van der Waals surface area contributed by atoms with Crippen LogP contribution in [0.3, 0.4) is 0 Å². The van der Waals surface area contributed by atoms with Crippen LogP contribution >= 0.6 is 11.6 Å². The highest BCUT2D eigenvalue weighted by Crippen LogP contribution is 2.27. The number of rotatable bonds is 2. The highest BCUT2D eigenvalue weighted by atomic mass is 35.5. The number of nitrogens with zero attached hydrogens (tertiary/aromatic N) is 2. The molecule has 108 valence electrons. The molecule has 2 aliphatic rings. The van der Waals surface area contributed by atoms with Crippen LogP contribution in [0.5, 0.6) is 0 Å². The maximum atomic E-state index is 12.5. The van der Waals surface area contributed by atoms with Crippen molar-refractivity contribution in [3.8, 4) is 6.07 Å². The molecule has 7 heteroatoms. The maximum absolute atomic E-state index is 12.5. The quantitative estimate of drug-likeness (QED) is 0.798. The van der Waals surface area contributed by atoms with Gasteiger partial charge >= 0.3 is 6.03 Å². The lowest BCUT2D eigenvalue weighted by atomic mass is 9.99. The molecule has 3 amide bonds. The third kappa shape index (κ3) is 2.24. The Balaban J connectivity index is 1.84. The van der Waals surface area contributed by atoms with E-state index in [1.807, 2.05) is 6.07 Å². The zero-order valence-corrected chi connectivity index (χ0v) is 11.9. The fourth-order valence-corrected chi connectivity index (χ4v) is 2.96. The SMILES string of the molecule is N#Cc1ccc(CN2C(=O)NC3(CCNC3)C2=O)c(Cl)c1. The molecule has 0 aromatic heterocycles. The highest BCUT2D eigenvalue weighted by Gasteiger charge is 2.52. The van der Waals surface area contributed by atoms with Gasteiger partial charge in [-0.25, -0.2) is 4.79 Å². The van der Waals surface area contributed by atoms with Crippen LogP contribution in [0.1, 0.15) is 17.5 Å². The molecule has 1 unspecified atom stereocenters. The average Bonchev–Trinajstić information content (AvgIpc) is 3.02. The molecule has 1 aromatic carbocycles. The molecule has 0 radical (unpaired) electrons. The molecule has 6 nitrogen and oxygen atoms in total. The second-order valence-corrected chi connectivity index (χ2v) is 5.66. The summed E-state index contributed by atoms with van der Waals surface area (Å²) in [6.07, 6.45) is 0.592. The summed E-state index contributed by atoms with van der Waals surface area (Å²) in [6.45, 7) is 1.27. The third-order valence-corrected chi connectivity index (χ3v) is 4.26. The van der Waals surface area contributed by atoms with Gasteiger partial charge in [-0.1, -0.05) is 17.7 Å². The van der Waals surface area contributed by atoms with Gasteiger partial charge in [-0.15, -0.1) is 0 Å². The number of halogens is 1. The van der Waals surface area contributed by atoms with E-state index in [0.717, 1.165) is 0 Å². The number of urea groups is 1. The summed E-state index contributed by atoms with van der Waals surface area (Å²) < 4.78 is 0. The Labute approximate surface area is 126 Å². The molecule has 0 aliphatic carbocycles. The van der Waals surface area contributed by atoms with Crippen LogP contribution in [0.15, 0.2) is 18.2 Å². The Kier molecular flexibility index (Phi) is 3.32. The second-order valence-electron chi connectivity index (χ2n) is 5.25. The Bertz CT molecular complexity index is 661. The third-order valence-electron chi connectivity index (χ3n) is 3.91. The monoisotopic (exact) mass is 304 g/mol. The van der Waals surface area contributed by atoms with E-state index in [4.69, 9.17) is 16.9 Å². The van der Waals surface area contributed by atoms with Crippen molar-refractivity contribution in [1.29, 1.82) is 5.26 Å². The standard InChI is InChI=1S/C14H13ClN4O2/c15-11-5-9(6-16)1-2-10(11)7-19-12(20)14(18-13(19)21)3-4-17-8-14/h1-2,5,17H,3-4,7-8H2,(H,18,21). The fourth-order valence-electron chi connectivity index (χ4n) is 2.72. The molecular formula is C14H13ClN4O2. The topological polar surface area (TPSA) is 85.2 Å². The van der Waals surface area contributed by atoms with Crippen LogP contribution in [0, 0.1) is 11.3 Å². The fraction of sp³-hybridized carbons (Fsp3) is 0.357. The average molecular weight is 305 g/mol. The molecule has 1 atom stereocenters. The van der Waals surface area contributed by atoms with E-state index in [1.54, 1.807) is 12.1 Å². The number of imide groups is 1. The largest absolute Gasteiger partial charge is 0.325 e. The van der Waals surface area contributed by atoms with Crippen molar-refractivity contribution in [2.24, 2.45) is 0 Å². The minimum atomic E-state index is -0.809. The van der Waals surface area contributed by atoms with Gasteiger partial charge in [0.15, 0.2) is 0 Å². The van der Waals surface area contributed by atoms with Crippen LogP contribution in [-0.2, 0) is 11.3 Å². The van der Waals surface area contributed by atoms with E-state index in [-0.39, 0.29) is 12.5 Å². The molecule has 2 N–H and O–H groups in total. The lowest BCUT2D eigenvalue weighted by Gasteiger charge is -2.19. The minimum Gasteiger partial charge on any atom is -0.322 e. The van der Waals surface area contributed by atoms with Crippen LogP contribution in [0.4, 0.5) is 4.79 Å². The zero-order chi connectivity index (χ0) is 15.0. The number of nitrogens with one attached hydrogen (secondary N) is 2. The maximum Gasteiger partial charge on any atom is 0.325 e. The molecule has 0 saturated carbocycles. The Hall–Kier alpha value is -2.10. The summed E-state index contributed by atoms with van der Waals surface area (Å²) in [7, 11) is 0. The summed E-state index contributed by atoms with van der Waals surface area (Å²) in [6, 6.07) is 6.41. The highest BCUT2D eigenvalue weighted by molar-refractivity contribution is 6.31. The number of carbonyl (C=O) groups is 2. The number of amides is 3. The molecule has 1 spiro atoms. The molecular weight excluding hydrogens is 292 g/mol. The van der Waals surface area contributed by atoms with Crippen LogP contribution in [0.25, 0.3) is 0 Å². The van der Waals surface area contributed by atoms with Gasteiger partial charge in [-0.3, -0.25) is 9.69 Å². The lowest BCUT2D eigenvalue weighted by Crippen LogP contribution is -2.48. The van der Waals surface area contributed by atoms with E-state index in [2.05, 4.69) is 10.6 Å². The van der Waals surface area contributed by atoms with Gasteiger partial charge in [-0.05, 0) is 30.7 Å². The van der Waals surface area contributed by atoms with E-state index in [1.165, 1.54) is 11.0 Å². The summed E-state index contributed by atoms with van der Waals surface area (Å²) in [5, 5.41) is 15.1. The van der Waals surface area contributed by atoms with Crippen LogP contribution in [-0.4, -0.2) is 35.5 Å². The van der Waals surface area contributed by atoms with Gasteiger partial charge in [0.05, 0.1) is 18.2 Å². The second kappa shape index (κ2) is 5.02. The van der Waals surface area contributed by atoms with Crippen LogP contribution < -0.4 is 10.6 Å². The van der Waals surface area contributed by atoms with Gasteiger partial charge in [0.25, 0.3) is 5.91 Å². The molecule has 1 aromatic rings. The van der Waals surface area contributed by atoms with E-state index in [9.17, 15) is 9.59 Å². The van der Waals surface area contributed by atoms with Crippen molar-refractivity contribution >= 4 is 23.5 Å². The van der Waals surface area contributed by atoms with Gasteiger partial charge in [0, 0.05) is 11.6 Å². The van der Waals surface area contributed by atoms with Crippen molar-refractivity contribution in [1.82, 2.24) is 15.5 Å². The first-order valence-electron chi connectivity index (χ1n) is 6.59. The summed E-state index contributed by atoms with van der Waals surface area (Å²) >= 11 is 6.10. The molecule has 2 aliphatic heterocycles. The van der Waals surface area contributed by atoms with Crippen molar-refractivity contribution in [2.45, 2.75) is 18.5 Å². The Morgan fingerprint density at radius 1 is 1.43 bits per heavy atom. The van der Waals surface area contributed by atoms with Crippen molar-refractivity contribution < 1.29 is 9.59 Å². The molecule has 21 heavy (non-hydrogen) atoms. The van der Waals surface area contributed by atoms with E-state index < -0.39 is 11.6 Å². The van der Waals surface area contributed by atoms with E-state index >= 15 is 0 Å². The smallest absolute Gasteiger partial charge is 0.322 e. The molecule has 0 bridgehead atoms. The Morgan fingerprint density at radius 2 is 2.24 bits per heavy atom. The number of carbonyl (C=O) groups excluding carboxylic acids is 2. The van der Waals surface area contributed by atoms with Crippen LogP contribution in [0.2, 0.25) is 5.02 Å². The summed E-state index contributed by atoms with van der Waals surface area (Å²) in [4.78, 5) is 25.7. The number of hydrogen-bond donors (Lipinski definition) is 2. The number of hydrogen-bond acceptors (Lipinski definition) is 4. The number of nitriles is 1. The van der Waals surface area contributed by atoms with Crippen molar-refractivity contribution in [3.05, 3.63) is 34.3 Å². The summed E-state index contributed by atoms with van der Waals surface area (Å²) in [5.41, 5.74) is 0.274. The van der Waals surface area contributed by atoms with Crippen molar-refractivity contribution in [2.75, 3.05) is 13.1 Å². The van der Waals surface area contributed by atoms with Gasteiger partial charge < -0.3 is 10.6 Å². The van der Waals surface area contributed by atoms with Gasteiger partial charge in [0.1, 0.15) is 5.54 Å². The first kappa shape index (κ1) is 13.9. The molecule has 2 saturated heterocycles. The summed E-state index contributed by atoms with van der Waals surface area (Å²) in [5.74, 6) is -0.224. The zero-order valence-electron chi connectivity index (χ0n) is 11.1. The molecule has 2 heterocycles.